The predicted octanol–water partition coefficient (Wildman–Crippen LogP) is 8.07. The molecule has 0 saturated carbocycles. The molecule has 2 aliphatic rings. The van der Waals surface area contributed by atoms with Crippen molar-refractivity contribution in [2.75, 3.05) is 10.6 Å². The zero-order valence-corrected chi connectivity index (χ0v) is 26.2. The molecule has 2 aromatic carbocycles. The second-order valence-electron chi connectivity index (χ2n) is 11.0. The number of amides is 2. The standard InChI is InChI=1S/2C12H14F2NO.2C5H5.Ti/c2*1-2-3-4-5-12(16)15-11-7-6-9(13)8-10(11)14;2*1-2-4-5-3-1;/h2*6-7H,2-5H2,1H3,(H,15,16);2*1-3H,4H2;. The molecule has 0 fully saturated rings. The summed E-state index contributed by atoms with van der Waals surface area (Å²) in [5.41, 5.74) is -0.459. The van der Waals surface area contributed by atoms with E-state index in [2.05, 4.69) is 10.6 Å². The molecule has 0 atom stereocenters. The van der Waals surface area contributed by atoms with Gasteiger partial charge in [0.1, 0.15) is 0 Å². The Morgan fingerprint density at radius 1 is 0.674 bits per heavy atom. The Bertz CT molecular complexity index is 1380. The summed E-state index contributed by atoms with van der Waals surface area (Å²) >= 11 is -5.08. The number of unbranched alkanes of at least 4 members (excludes halogenated alkanes) is 4. The van der Waals surface area contributed by atoms with Gasteiger partial charge in [-0.3, -0.25) is 0 Å². The van der Waals surface area contributed by atoms with Crippen LogP contribution < -0.4 is 18.4 Å². The van der Waals surface area contributed by atoms with E-state index >= 15 is 17.6 Å². The van der Waals surface area contributed by atoms with Gasteiger partial charge in [-0.05, 0) is 0 Å². The van der Waals surface area contributed by atoms with E-state index in [1.54, 1.807) is 36.5 Å². The number of anilines is 2. The Morgan fingerprint density at radius 2 is 1.09 bits per heavy atom. The van der Waals surface area contributed by atoms with Gasteiger partial charge < -0.3 is 0 Å². The molecule has 0 spiro atoms. The van der Waals surface area contributed by atoms with Crippen molar-refractivity contribution in [1.82, 2.24) is 0 Å². The third-order valence-electron chi connectivity index (χ3n) is 8.00. The molecule has 43 heavy (non-hydrogen) atoms. The summed E-state index contributed by atoms with van der Waals surface area (Å²) in [6.45, 7) is 4.00. The quantitative estimate of drug-likeness (QED) is 0.126. The molecular formula is C34H38F4N2O2Ti. The van der Waals surface area contributed by atoms with Crippen LogP contribution in [0.4, 0.5) is 28.9 Å². The molecule has 228 valence electrons. The van der Waals surface area contributed by atoms with Crippen molar-refractivity contribution in [2.24, 2.45) is 0 Å². The number of nitrogens with one attached hydrogen (secondary N) is 2. The predicted molar refractivity (Wildman–Crippen MR) is 161 cm³/mol. The van der Waals surface area contributed by atoms with E-state index in [0.717, 1.165) is 49.9 Å². The van der Waals surface area contributed by atoms with E-state index in [9.17, 15) is 9.59 Å². The minimum absolute atomic E-state index is 0.167. The first-order valence-corrected chi connectivity index (χ1v) is 18.2. The van der Waals surface area contributed by atoms with Crippen LogP contribution in [0.3, 0.4) is 0 Å². The topological polar surface area (TPSA) is 58.2 Å². The third kappa shape index (κ3) is 6.96. The van der Waals surface area contributed by atoms with Gasteiger partial charge in [-0.15, -0.1) is 0 Å². The fourth-order valence-electron chi connectivity index (χ4n) is 5.91. The number of benzene rings is 2. The van der Waals surface area contributed by atoms with Crippen LogP contribution in [0.15, 0.2) is 68.5 Å². The van der Waals surface area contributed by atoms with Crippen LogP contribution in [-0.2, 0) is 26.2 Å². The van der Waals surface area contributed by atoms with E-state index < -0.39 is 59.4 Å². The van der Waals surface area contributed by atoms with E-state index in [1.807, 2.05) is 13.8 Å². The Hall–Kier alpha value is -3.23. The van der Waals surface area contributed by atoms with Gasteiger partial charge in [-0.1, -0.05) is 0 Å². The van der Waals surface area contributed by atoms with Gasteiger partial charge in [-0.25, -0.2) is 0 Å². The second-order valence-corrected chi connectivity index (χ2v) is 16.9. The Morgan fingerprint density at radius 3 is 1.44 bits per heavy atom. The van der Waals surface area contributed by atoms with Crippen molar-refractivity contribution in [3.05, 3.63) is 91.7 Å². The maximum atomic E-state index is 16.7. The van der Waals surface area contributed by atoms with Crippen LogP contribution in [0, 0.1) is 23.3 Å². The van der Waals surface area contributed by atoms with Gasteiger partial charge >= 0.3 is 255 Å². The number of carbonyl (C=O) groups is 2. The molecule has 0 saturated heterocycles. The summed E-state index contributed by atoms with van der Waals surface area (Å²) in [7, 11) is 0. The van der Waals surface area contributed by atoms with Crippen molar-refractivity contribution in [2.45, 2.75) is 78.1 Å². The third-order valence-corrected chi connectivity index (χ3v) is 15.9. The fourth-order valence-corrected chi connectivity index (χ4v) is 14.2. The normalized spacial score (nSPS) is 14.2. The maximum absolute atomic E-state index is 16.7. The molecule has 2 aliphatic carbocycles. The van der Waals surface area contributed by atoms with Crippen molar-refractivity contribution >= 4 is 30.9 Å². The summed E-state index contributed by atoms with van der Waals surface area (Å²) in [6, 6.07) is 4.42. The summed E-state index contributed by atoms with van der Waals surface area (Å²) in [5, 5.41) is 5.13. The van der Waals surface area contributed by atoms with Crippen LogP contribution in [0.5, 0.6) is 0 Å². The molecule has 9 heteroatoms. The van der Waals surface area contributed by atoms with E-state index in [4.69, 9.17) is 0 Å². The van der Waals surface area contributed by atoms with Gasteiger partial charge in [0, 0.05) is 0 Å². The van der Waals surface area contributed by atoms with Crippen molar-refractivity contribution in [1.29, 1.82) is 0 Å². The first-order chi connectivity index (χ1) is 20.7. The Kier molecular flexibility index (Phi) is 11.4. The van der Waals surface area contributed by atoms with E-state index in [-0.39, 0.29) is 37.1 Å². The van der Waals surface area contributed by atoms with Crippen molar-refractivity contribution < 1.29 is 43.7 Å². The average Bonchev–Trinajstić information content (AvgIpc) is 3.71. The van der Waals surface area contributed by atoms with Crippen LogP contribution >= 0.6 is 0 Å². The van der Waals surface area contributed by atoms with Crippen LogP contribution in [0.25, 0.3) is 0 Å². The van der Waals surface area contributed by atoms with E-state index in [0.29, 0.717) is 20.6 Å². The summed E-state index contributed by atoms with van der Waals surface area (Å²) in [6.07, 6.45) is 16.0. The minimum atomic E-state index is -5.08. The van der Waals surface area contributed by atoms with Gasteiger partial charge in [0.05, 0.1) is 0 Å². The number of halogens is 4. The average molecular weight is 631 g/mol. The molecular weight excluding hydrogens is 592 g/mol. The van der Waals surface area contributed by atoms with Gasteiger partial charge in [-0.2, -0.15) is 0 Å². The number of hydrogen-bond acceptors (Lipinski definition) is 2. The first kappa shape index (κ1) is 32.7. The summed E-state index contributed by atoms with van der Waals surface area (Å²) in [5.74, 6) is -4.77. The van der Waals surface area contributed by atoms with Gasteiger partial charge in [0.15, 0.2) is 0 Å². The van der Waals surface area contributed by atoms with Crippen LogP contribution in [0.2, 0.25) is 0 Å². The molecule has 0 aliphatic heterocycles. The molecule has 0 heterocycles. The fraction of sp³-hybridized carbons (Fsp3) is 0.353. The Labute approximate surface area is 254 Å². The molecule has 2 N–H and O–H groups in total. The van der Waals surface area contributed by atoms with Gasteiger partial charge in [0.25, 0.3) is 0 Å². The number of allylic oxidation sites excluding steroid dienone is 8. The molecule has 0 unspecified atom stereocenters. The summed E-state index contributed by atoms with van der Waals surface area (Å²) < 4.78 is 66.0. The van der Waals surface area contributed by atoms with Crippen LogP contribution in [0.1, 0.15) is 78.1 Å². The monoisotopic (exact) mass is 630 g/mol. The molecule has 2 amide bonds. The zero-order chi connectivity index (χ0) is 31.0. The molecule has 0 bridgehead atoms. The van der Waals surface area contributed by atoms with Crippen molar-refractivity contribution in [3.63, 3.8) is 0 Å². The molecule has 2 aromatic rings. The van der Waals surface area contributed by atoms with Crippen molar-refractivity contribution in [3.8, 4) is 0 Å². The number of hydrogen-bond donors (Lipinski definition) is 2. The zero-order valence-electron chi connectivity index (χ0n) is 24.7. The van der Waals surface area contributed by atoms with Gasteiger partial charge in [0.2, 0.25) is 0 Å². The molecule has 4 rings (SSSR count). The Balaban J connectivity index is 1.94. The van der Waals surface area contributed by atoms with E-state index in [1.165, 1.54) is 0 Å². The van der Waals surface area contributed by atoms with Crippen LogP contribution in [-0.4, -0.2) is 11.8 Å². The SMILES string of the molecule is CCCCCC(=O)Nc1ccc(F)[c]([Ti]([C]2=CC=CC2)([C]2=CC=CC2)[c]2c(F)ccc(NC(=O)CCCCC)c2F)c1F. The first-order valence-electron chi connectivity index (χ1n) is 15.0. The number of rotatable bonds is 14. The number of carbonyl (C=O) groups excluding carboxylic acids is 2. The molecule has 0 aromatic heterocycles. The second kappa shape index (κ2) is 15.0. The summed E-state index contributed by atoms with van der Waals surface area (Å²) in [4.78, 5) is 25.3. The molecule has 4 nitrogen and oxygen atoms in total. The molecule has 0 radical (unpaired) electrons.